The van der Waals surface area contributed by atoms with Gasteiger partial charge in [-0.25, -0.2) is 14.4 Å². The zero-order chi connectivity index (χ0) is 12.5. The molecule has 3 rings (SSSR count). The van der Waals surface area contributed by atoms with E-state index in [1.165, 1.54) is 17.4 Å². The summed E-state index contributed by atoms with van der Waals surface area (Å²) in [5.41, 5.74) is 0.421. The Labute approximate surface area is 107 Å². The lowest BCUT2D eigenvalue weighted by atomic mass is 10.2. The minimum Gasteiger partial charge on any atom is -0.372 e. The smallest absolute Gasteiger partial charge is 0.166 e. The molecular formula is C13H10FN3S. The van der Waals surface area contributed by atoms with Crippen LogP contribution < -0.4 is 5.32 Å². The van der Waals surface area contributed by atoms with Crippen molar-refractivity contribution in [2.24, 2.45) is 0 Å². The maximum atomic E-state index is 13.7. The number of hydrogen-bond donors (Lipinski definition) is 1. The fraction of sp³-hybridized carbons (Fsp3) is 0.0769. The number of anilines is 1. The third-order valence-electron chi connectivity index (χ3n) is 2.68. The minimum atomic E-state index is -0.310. The first-order valence-corrected chi connectivity index (χ1v) is 6.35. The Kier molecular flexibility index (Phi) is 2.68. The van der Waals surface area contributed by atoms with E-state index in [1.54, 1.807) is 25.2 Å². The van der Waals surface area contributed by atoms with Gasteiger partial charge in [0.15, 0.2) is 5.82 Å². The van der Waals surface area contributed by atoms with Gasteiger partial charge in [0.25, 0.3) is 0 Å². The highest BCUT2D eigenvalue weighted by Gasteiger charge is 2.12. The molecule has 0 fully saturated rings. The number of rotatable bonds is 2. The fourth-order valence-corrected chi connectivity index (χ4v) is 2.57. The van der Waals surface area contributed by atoms with Crippen molar-refractivity contribution in [1.82, 2.24) is 9.97 Å². The van der Waals surface area contributed by atoms with Crippen LogP contribution in [0.1, 0.15) is 0 Å². The van der Waals surface area contributed by atoms with Crippen LogP contribution in [0.2, 0.25) is 0 Å². The first-order chi connectivity index (χ1) is 8.79. The van der Waals surface area contributed by atoms with Crippen molar-refractivity contribution < 1.29 is 4.39 Å². The van der Waals surface area contributed by atoms with Crippen molar-refractivity contribution in [3.05, 3.63) is 41.5 Å². The van der Waals surface area contributed by atoms with E-state index in [0.717, 1.165) is 16.0 Å². The van der Waals surface area contributed by atoms with Crippen molar-refractivity contribution in [2.45, 2.75) is 0 Å². The normalized spacial score (nSPS) is 10.8. The second kappa shape index (κ2) is 4.34. The van der Waals surface area contributed by atoms with Gasteiger partial charge >= 0.3 is 0 Å². The molecule has 0 unspecified atom stereocenters. The summed E-state index contributed by atoms with van der Waals surface area (Å²) in [4.78, 5) is 9.62. The van der Waals surface area contributed by atoms with Crippen molar-refractivity contribution >= 4 is 27.4 Å². The van der Waals surface area contributed by atoms with Crippen molar-refractivity contribution in [3.8, 4) is 11.4 Å². The molecule has 2 heterocycles. The molecule has 0 aliphatic rings. The maximum absolute atomic E-state index is 13.7. The number of thiophene rings is 1. The quantitative estimate of drug-likeness (QED) is 0.765. The lowest BCUT2D eigenvalue weighted by molar-refractivity contribution is 0.630. The van der Waals surface area contributed by atoms with Gasteiger partial charge in [0.05, 0.1) is 10.9 Å². The molecule has 0 atom stereocenters. The molecule has 3 nitrogen and oxygen atoms in total. The van der Waals surface area contributed by atoms with Gasteiger partial charge in [-0.05, 0) is 23.6 Å². The summed E-state index contributed by atoms with van der Waals surface area (Å²) >= 11 is 1.52. The van der Waals surface area contributed by atoms with Gasteiger partial charge in [0, 0.05) is 7.05 Å². The van der Waals surface area contributed by atoms with Gasteiger partial charge in [-0.3, -0.25) is 0 Å². The highest BCUT2D eigenvalue weighted by molar-refractivity contribution is 7.16. The molecule has 18 heavy (non-hydrogen) atoms. The third kappa shape index (κ3) is 1.73. The second-order valence-corrected chi connectivity index (χ2v) is 4.66. The average molecular weight is 259 g/mol. The van der Waals surface area contributed by atoms with Crippen molar-refractivity contribution in [3.63, 3.8) is 0 Å². The molecule has 0 amide bonds. The predicted molar refractivity (Wildman–Crippen MR) is 72.4 cm³/mol. The van der Waals surface area contributed by atoms with Gasteiger partial charge in [-0.15, -0.1) is 11.3 Å². The average Bonchev–Trinajstić information content (AvgIpc) is 2.86. The molecule has 2 aromatic heterocycles. The largest absolute Gasteiger partial charge is 0.372 e. The van der Waals surface area contributed by atoms with E-state index in [4.69, 9.17) is 0 Å². The number of nitrogens with one attached hydrogen (secondary N) is 1. The van der Waals surface area contributed by atoms with Crippen molar-refractivity contribution in [1.29, 1.82) is 0 Å². The number of halogens is 1. The molecule has 0 bridgehead atoms. The zero-order valence-electron chi connectivity index (χ0n) is 9.64. The number of benzene rings is 1. The van der Waals surface area contributed by atoms with Gasteiger partial charge in [-0.1, -0.05) is 12.1 Å². The molecule has 1 aromatic carbocycles. The Morgan fingerprint density at radius 1 is 1.17 bits per heavy atom. The Morgan fingerprint density at radius 2 is 2.00 bits per heavy atom. The van der Waals surface area contributed by atoms with Crippen LogP contribution >= 0.6 is 11.3 Å². The van der Waals surface area contributed by atoms with E-state index in [1.807, 2.05) is 11.4 Å². The Bertz CT molecular complexity index is 708. The molecule has 1 N–H and O–H groups in total. The summed E-state index contributed by atoms with van der Waals surface area (Å²) in [5.74, 6) is 0.822. The molecule has 5 heteroatoms. The van der Waals surface area contributed by atoms with Gasteiger partial charge in [0.2, 0.25) is 0 Å². The maximum Gasteiger partial charge on any atom is 0.166 e. The Hall–Kier alpha value is -2.01. The highest BCUT2D eigenvalue weighted by Crippen LogP contribution is 2.28. The van der Waals surface area contributed by atoms with E-state index < -0.39 is 0 Å². The summed E-state index contributed by atoms with van der Waals surface area (Å²) in [6, 6.07) is 8.48. The summed E-state index contributed by atoms with van der Waals surface area (Å²) in [6.07, 6.45) is 0. The lowest BCUT2D eigenvalue weighted by Gasteiger charge is -2.06. The van der Waals surface area contributed by atoms with Crippen LogP contribution in [-0.2, 0) is 0 Å². The van der Waals surface area contributed by atoms with Gasteiger partial charge < -0.3 is 5.32 Å². The molecule has 0 aliphatic heterocycles. The number of fused-ring (bicyclic) bond motifs is 1. The molecule has 0 spiro atoms. The Morgan fingerprint density at radius 3 is 2.78 bits per heavy atom. The molecule has 0 radical (unpaired) electrons. The van der Waals surface area contributed by atoms with E-state index in [9.17, 15) is 4.39 Å². The van der Waals surface area contributed by atoms with E-state index >= 15 is 0 Å². The van der Waals surface area contributed by atoms with Gasteiger partial charge in [-0.2, -0.15) is 0 Å². The molecule has 90 valence electrons. The van der Waals surface area contributed by atoms with Crippen LogP contribution in [0.3, 0.4) is 0 Å². The fourth-order valence-electron chi connectivity index (χ4n) is 1.81. The predicted octanol–water partition coefficient (Wildman–Crippen LogP) is 3.54. The summed E-state index contributed by atoms with van der Waals surface area (Å²) < 4.78 is 13.7. The second-order valence-electron chi connectivity index (χ2n) is 3.77. The lowest BCUT2D eigenvalue weighted by Crippen LogP contribution is -1.98. The van der Waals surface area contributed by atoms with Crippen LogP contribution in [-0.4, -0.2) is 17.0 Å². The SMILES string of the molecule is CNc1nc(-c2ccccc2F)nc2sccc12. The first-order valence-electron chi connectivity index (χ1n) is 5.47. The molecule has 0 aliphatic carbocycles. The van der Waals surface area contributed by atoms with Gasteiger partial charge in [0.1, 0.15) is 16.5 Å². The number of aromatic nitrogens is 2. The van der Waals surface area contributed by atoms with Crippen molar-refractivity contribution in [2.75, 3.05) is 12.4 Å². The standard InChI is InChI=1S/C13H10FN3S/c1-15-11-9-6-7-18-13(9)17-12(16-11)8-4-2-3-5-10(8)14/h2-7H,1H3,(H,15,16,17). The summed E-state index contributed by atoms with van der Waals surface area (Å²) in [5, 5.41) is 5.93. The van der Waals surface area contributed by atoms with Crippen LogP contribution in [0.5, 0.6) is 0 Å². The Balaban J connectivity index is 2.27. The highest BCUT2D eigenvalue weighted by atomic mass is 32.1. The first kappa shape index (κ1) is 11.1. The van der Waals surface area contributed by atoms with Crippen LogP contribution in [0, 0.1) is 5.82 Å². The topological polar surface area (TPSA) is 37.8 Å². The monoisotopic (exact) mass is 259 g/mol. The third-order valence-corrected chi connectivity index (χ3v) is 3.48. The van der Waals surface area contributed by atoms with Crippen LogP contribution in [0.25, 0.3) is 21.6 Å². The zero-order valence-corrected chi connectivity index (χ0v) is 10.5. The summed E-state index contributed by atoms with van der Waals surface area (Å²) in [7, 11) is 1.80. The minimum absolute atomic E-state index is 0.310. The van der Waals surface area contributed by atoms with E-state index in [2.05, 4.69) is 15.3 Å². The molecule has 0 saturated carbocycles. The number of hydrogen-bond acceptors (Lipinski definition) is 4. The molecule has 3 aromatic rings. The van der Waals surface area contributed by atoms with Crippen LogP contribution in [0.4, 0.5) is 10.2 Å². The molecular weight excluding hydrogens is 249 g/mol. The van der Waals surface area contributed by atoms with Crippen LogP contribution in [0.15, 0.2) is 35.7 Å². The molecule has 0 saturated heterocycles. The number of nitrogens with zero attached hydrogens (tertiary/aromatic N) is 2. The van der Waals surface area contributed by atoms with E-state index in [-0.39, 0.29) is 5.82 Å². The summed E-state index contributed by atoms with van der Waals surface area (Å²) in [6.45, 7) is 0. The van der Waals surface area contributed by atoms with E-state index in [0.29, 0.717) is 11.4 Å².